The zero-order valence-corrected chi connectivity index (χ0v) is 12.9. The van der Waals surface area contributed by atoms with E-state index in [-0.39, 0.29) is 0 Å². The molecule has 0 bridgehead atoms. The van der Waals surface area contributed by atoms with Crippen LogP contribution in [0.25, 0.3) is 0 Å². The molecule has 0 aromatic heterocycles. The zero-order chi connectivity index (χ0) is 11.7. The van der Waals surface area contributed by atoms with Gasteiger partial charge in [-0.2, -0.15) is 0 Å². The van der Waals surface area contributed by atoms with Crippen LogP contribution in [0.4, 0.5) is 0 Å². The van der Waals surface area contributed by atoms with Crippen molar-refractivity contribution in [1.29, 1.82) is 0 Å². The Morgan fingerprint density at radius 1 is 1.00 bits per heavy atom. The van der Waals surface area contributed by atoms with E-state index in [0.717, 1.165) is 12.1 Å². The minimum Gasteiger partial charge on any atom is -0.301 e. The van der Waals surface area contributed by atoms with E-state index in [1.54, 1.807) is 0 Å². The predicted octanol–water partition coefficient (Wildman–Crippen LogP) is 1.83. The van der Waals surface area contributed by atoms with E-state index >= 15 is 0 Å². The highest BCUT2D eigenvalue weighted by atomic mass is 127. The molecule has 0 radical (unpaired) electrons. The molecule has 94 valence electrons. The van der Waals surface area contributed by atoms with Crippen LogP contribution in [0.5, 0.6) is 0 Å². The molecule has 0 amide bonds. The van der Waals surface area contributed by atoms with Gasteiger partial charge in [-0.3, -0.25) is 4.90 Å². The Hall–Kier alpha value is 0.610. The van der Waals surface area contributed by atoms with E-state index in [2.05, 4.69) is 56.7 Å². The molecule has 0 aromatic carbocycles. The summed E-state index contributed by atoms with van der Waals surface area (Å²) in [5.74, 6) is 0. The van der Waals surface area contributed by atoms with Crippen LogP contribution >= 0.6 is 22.9 Å². The number of rotatable bonds is 1. The first-order chi connectivity index (χ1) is 7.58. The molecule has 0 aromatic rings. The fraction of sp³-hybridized carbons (Fsp3) is 1.00. The fourth-order valence-corrected chi connectivity index (χ4v) is 3.56. The van der Waals surface area contributed by atoms with E-state index in [0.29, 0.717) is 6.04 Å². The fourth-order valence-electron chi connectivity index (χ4n) is 3.00. The smallest absolute Gasteiger partial charge is 0.0201 e. The molecular formula is C12H24IN3. The maximum absolute atomic E-state index is 2.76. The van der Waals surface area contributed by atoms with Crippen LogP contribution in [0.3, 0.4) is 0 Å². The zero-order valence-electron chi connectivity index (χ0n) is 10.7. The molecule has 2 atom stereocenters. The third-order valence-electron chi connectivity index (χ3n) is 4.22. The molecule has 2 heterocycles. The molecule has 0 unspecified atom stereocenters. The molecule has 0 spiro atoms. The molecule has 2 aliphatic rings. The first-order valence-corrected chi connectivity index (χ1v) is 7.41. The lowest BCUT2D eigenvalue weighted by atomic mass is 9.99. The van der Waals surface area contributed by atoms with E-state index in [1.807, 2.05) is 0 Å². The first kappa shape index (κ1) is 13.1. The van der Waals surface area contributed by atoms with Gasteiger partial charge in [-0.05, 0) is 33.7 Å². The first-order valence-electron chi connectivity index (χ1n) is 6.44. The number of halogens is 1. The lowest BCUT2D eigenvalue weighted by Crippen LogP contribution is -2.59. The second-order valence-corrected chi connectivity index (χ2v) is 6.84. The van der Waals surface area contributed by atoms with Gasteiger partial charge < -0.3 is 4.90 Å². The van der Waals surface area contributed by atoms with E-state index in [4.69, 9.17) is 0 Å². The van der Waals surface area contributed by atoms with Crippen molar-refractivity contribution in [2.45, 2.75) is 44.8 Å². The summed E-state index contributed by atoms with van der Waals surface area (Å²) in [6.45, 7) is 9.75. The minimum absolute atomic E-state index is 0.717. The summed E-state index contributed by atoms with van der Waals surface area (Å²) in [5, 5.41) is 0. The molecule has 2 saturated heterocycles. The highest BCUT2D eigenvalue weighted by Crippen LogP contribution is 2.24. The molecule has 16 heavy (non-hydrogen) atoms. The Bertz CT molecular complexity index is 228. The number of hydrogen-bond acceptors (Lipinski definition) is 3. The summed E-state index contributed by atoms with van der Waals surface area (Å²) in [6, 6.07) is 2.28. The number of hydrogen-bond donors (Lipinski definition) is 0. The standard InChI is InChI=1S/C12H24IN3/c1-10-9-16(11(2)8-14(10)3)12-4-6-15(13)7-5-12/h10-12H,4-9H2,1-3H3/t10-,11+/m1/s1. The maximum atomic E-state index is 2.76. The van der Waals surface area contributed by atoms with Gasteiger partial charge in [0.15, 0.2) is 0 Å². The van der Waals surface area contributed by atoms with Gasteiger partial charge in [0.1, 0.15) is 0 Å². The van der Waals surface area contributed by atoms with Gasteiger partial charge in [0.05, 0.1) is 0 Å². The molecule has 0 N–H and O–H groups in total. The van der Waals surface area contributed by atoms with Gasteiger partial charge in [-0.25, -0.2) is 3.11 Å². The van der Waals surface area contributed by atoms with Crippen LogP contribution in [-0.4, -0.2) is 64.3 Å². The van der Waals surface area contributed by atoms with Crippen LogP contribution in [0.2, 0.25) is 0 Å². The third kappa shape index (κ3) is 2.89. The second kappa shape index (κ2) is 5.50. The topological polar surface area (TPSA) is 9.72 Å². The van der Waals surface area contributed by atoms with Crippen molar-refractivity contribution in [2.75, 3.05) is 33.2 Å². The van der Waals surface area contributed by atoms with Crippen molar-refractivity contribution in [3.63, 3.8) is 0 Å². The van der Waals surface area contributed by atoms with Gasteiger partial charge in [-0.1, -0.05) is 0 Å². The summed E-state index contributed by atoms with van der Waals surface area (Å²) in [5.41, 5.74) is 0. The van der Waals surface area contributed by atoms with Gasteiger partial charge >= 0.3 is 0 Å². The van der Waals surface area contributed by atoms with Gasteiger partial charge in [0, 0.05) is 67.2 Å². The van der Waals surface area contributed by atoms with Crippen molar-refractivity contribution in [1.82, 2.24) is 12.9 Å². The Balaban J connectivity index is 1.93. The Morgan fingerprint density at radius 3 is 2.25 bits per heavy atom. The van der Waals surface area contributed by atoms with Crippen molar-refractivity contribution < 1.29 is 0 Å². The highest BCUT2D eigenvalue weighted by molar-refractivity contribution is 14.1. The average Bonchev–Trinajstić information content (AvgIpc) is 2.25. The van der Waals surface area contributed by atoms with Crippen molar-refractivity contribution in [2.24, 2.45) is 0 Å². The Kier molecular flexibility index (Phi) is 4.49. The van der Waals surface area contributed by atoms with Gasteiger partial charge in [0.2, 0.25) is 0 Å². The van der Waals surface area contributed by atoms with E-state index < -0.39 is 0 Å². The summed E-state index contributed by atoms with van der Waals surface area (Å²) >= 11 is 2.46. The van der Waals surface area contributed by atoms with Gasteiger partial charge in [-0.15, -0.1) is 0 Å². The quantitative estimate of drug-likeness (QED) is 0.534. The van der Waals surface area contributed by atoms with Crippen LogP contribution in [0.15, 0.2) is 0 Å². The van der Waals surface area contributed by atoms with Crippen LogP contribution in [-0.2, 0) is 0 Å². The van der Waals surface area contributed by atoms with Crippen molar-refractivity contribution in [3.05, 3.63) is 0 Å². The second-order valence-electron chi connectivity index (χ2n) is 5.48. The molecular weight excluding hydrogens is 313 g/mol. The van der Waals surface area contributed by atoms with Gasteiger partial charge in [0.25, 0.3) is 0 Å². The Labute approximate surface area is 114 Å². The lowest BCUT2D eigenvalue weighted by Gasteiger charge is -2.47. The average molecular weight is 337 g/mol. The van der Waals surface area contributed by atoms with Crippen LogP contribution in [0, 0.1) is 0 Å². The molecule has 0 aliphatic carbocycles. The third-order valence-corrected chi connectivity index (χ3v) is 5.19. The summed E-state index contributed by atoms with van der Waals surface area (Å²) in [4.78, 5) is 5.25. The van der Waals surface area contributed by atoms with E-state index in [1.165, 1.54) is 39.0 Å². The maximum Gasteiger partial charge on any atom is 0.0201 e. The molecule has 2 aliphatic heterocycles. The molecule has 0 saturated carbocycles. The number of piperazine rings is 1. The normalized spacial score (nSPS) is 36.8. The summed E-state index contributed by atoms with van der Waals surface area (Å²) in [6.07, 6.45) is 2.70. The largest absolute Gasteiger partial charge is 0.301 e. The summed E-state index contributed by atoms with van der Waals surface area (Å²) in [7, 11) is 2.26. The number of likely N-dealkylation sites (N-methyl/N-ethyl adjacent to an activating group) is 1. The monoisotopic (exact) mass is 337 g/mol. The highest BCUT2D eigenvalue weighted by Gasteiger charge is 2.32. The van der Waals surface area contributed by atoms with Crippen molar-refractivity contribution in [3.8, 4) is 0 Å². The molecule has 2 fully saturated rings. The van der Waals surface area contributed by atoms with Crippen molar-refractivity contribution >= 4 is 22.9 Å². The molecule has 4 heteroatoms. The van der Waals surface area contributed by atoms with Crippen LogP contribution in [0.1, 0.15) is 26.7 Å². The van der Waals surface area contributed by atoms with Crippen LogP contribution < -0.4 is 0 Å². The molecule has 2 rings (SSSR count). The minimum atomic E-state index is 0.717. The lowest BCUT2D eigenvalue weighted by molar-refractivity contribution is 0.0147. The summed E-state index contributed by atoms with van der Waals surface area (Å²) < 4.78 is 2.43. The van der Waals surface area contributed by atoms with E-state index in [9.17, 15) is 0 Å². The molecule has 3 nitrogen and oxygen atoms in total. The SMILES string of the molecule is C[C@@H]1CN(C2CCN(I)CC2)[C@@H](C)CN1C. The predicted molar refractivity (Wildman–Crippen MR) is 76.9 cm³/mol. The number of piperidine rings is 1. The number of nitrogens with zero attached hydrogens (tertiary/aromatic N) is 3. The Morgan fingerprint density at radius 2 is 1.62 bits per heavy atom.